The molecule has 2 heteroatoms. The minimum Gasteiger partial charge on any atom is -0.381 e. The summed E-state index contributed by atoms with van der Waals surface area (Å²) in [5.41, 5.74) is 0. The van der Waals surface area contributed by atoms with Crippen molar-refractivity contribution in [3.63, 3.8) is 0 Å². The molecular formula is C11H22O2. The smallest absolute Gasteiger partial charge is 0.0653 e. The molecule has 78 valence electrons. The molecule has 0 aliphatic carbocycles. The lowest BCUT2D eigenvalue weighted by Crippen LogP contribution is -2.38. The number of hydrogen-bond acceptors (Lipinski definition) is 2. The number of rotatable bonds is 3. The van der Waals surface area contributed by atoms with E-state index in [1.165, 1.54) is 0 Å². The second-order valence-corrected chi connectivity index (χ2v) is 4.49. The summed E-state index contributed by atoms with van der Waals surface area (Å²) in [6.07, 6.45) is 1.80. The van der Waals surface area contributed by atoms with Gasteiger partial charge in [0.25, 0.3) is 0 Å². The van der Waals surface area contributed by atoms with Crippen molar-refractivity contribution in [1.29, 1.82) is 0 Å². The first kappa shape index (κ1) is 11.0. The molecule has 0 amide bonds. The van der Waals surface area contributed by atoms with E-state index in [2.05, 4.69) is 27.7 Å². The fraction of sp³-hybridized carbons (Fsp3) is 1.00. The fourth-order valence-electron chi connectivity index (χ4n) is 1.88. The summed E-state index contributed by atoms with van der Waals surface area (Å²) in [6.45, 7) is 10.4. The van der Waals surface area contributed by atoms with E-state index in [4.69, 9.17) is 9.47 Å². The lowest BCUT2D eigenvalue weighted by atomic mass is 9.88. The standard InChI is InChI=1S/C11H22O2/c1-8(2)10-7-12-6-5-11(10)13-9(3)4/h8-11H,5-7H2,1-4H3/t10-,11+/m1/s1. The molecule has 0 unspecified atom stereocenters. The van der Waals surface area contributed by atoms with Gasteiger partial charge in [-0.1, -0.05) is 13.8 Å². The van der Waals surface area contributed by atoms with Crippen LogP contribution in [0.4, 0.5) is 0 Å². The van der Waals surface area contributed by atoms with E-state index in [9.17, 15) is 0 Å². The van der Waals surface area contributed by atoms with Crippen molar-refractivity contribution in [3.05, 3.63) is 0 Å². The van der Waals surface area contributed by atoms with Gasteiger partial charge in [0.05, 0.1) is 18.8 Å². The SMILES string of the molecule is CC(C)O[C@H]1CCOC[C@@H]1C(C)C. The van der Waals surface area contributed by atoms with Crippen molar-refractivity contribution < 1.29 is 9.47 Å². The molecule has 1 fully saturated rings. The van der Waals surface area contributed by atoms with E-state index in [0.29, 0.717) is 24.0 Å². The molecule has 0 N–H and O–H groups in total. The maximum atomic E-state index is 5.89. The van der Waals surface area contributed by atoms with E-state index in [0.717, 1.165) is 19.6 Å². The van der Waals surface area contributed by atoms with Gasteiger partial charge >= 0.3 is 0 Å². The van der Waals surface area contributed by atoms with E-state index < -0.39 is 0 Å². The molecule has 0 aromatic rings. The third kappa shape index (κ3) is 3.28. The molecule has 1 rings (SSSR count). The van der Waals surface area contributed by atoms with Gasteiger partial charge in [-0.25, -0.2) is 0 Å². The monoisotopic (exact) mass is 186 g/mol. The predicted octanol–water partition coefficient (Wildman–Crippen LogP) is 2.47. The first-order valence-corrected chi connectivity index (χ1v) is 5.34. The Balaban J connectivity index is 2.46. The lowest BCUT2D eigenvalue weighted by Gasteiger charge is -2.35. The average Bonchev–Trinajstić information content (AvgIpc) is 2.03. The fourth-order valence-corrected chi connectivity index (χ4v) is 1.88. The van der Waals surface area contributed by atoms with Gasteiger partial charge < -0.3 is 9.47 Å². The molecule has 0 radical (unpaired) electrons. The zero-order chi connectivity index (χ0) is 9.84. The Morgan fingerprint density at radius 3 is 2.46 bits per heavy atom. The molecular weight excluding hydrogens is 164 g/mol. The summed E-state index contributed by atoms with van der Waals surface area (Å²) in [7, 11) is 0. The van der Waals surface area contributed by atoms with Crippen LogP contribution in [0.25, 0.3) is 0 Å². The minimum absolute atomic E-state index is 0.337. The van der Waals surface area contributed by atoms with Crippen LogP contribution in [0, 0.1) is 11.8 Å². The summed E-state index contributed by atoms with van der Waals surface area (Å²) >= 11 is 0. The highest BCUT2D eigenvalue weighted by Gasteiger charge is 2.29. The highest BCUT2D eigenvalue weighted by atomic mass is 16.5. The zero-order valence-electron chi connectivity index (χ0n) is 9.25. The first-order chi connectivity index (χ1) is 6.11. The highest BCUT2D eigenvalue weighted by Crippen LogP contribution is 2.25. The highest BCUT2D eigenvalue weighted by molar-refractivity contribution is 4.77. The van der Waals surface area contributed by atoms with E-state index in [1.54, 1.807) is 0 Å². The Labute approximate surface area is 81.6 Å². The van der Waals surface area contributed by atoms with Gasteiger partial charge in [0.2, 0.25) is 0 Å². The van der Waals surface area contributed by atoms with Crippen LogP contribution in [0.1, 0.15) is 34.1 Å². The Bertz CT molecular complexity index is 143. The first-order valence-electron chi connectivity index (χ1n) is 5.34. The molecule has 0 spiro atoms. The van der Waals surface area contributed by atoms with Crippen molar-refractivity contribution in [3.8, 4) is 0 Å². The molecule has 2 nitrogen and oxygen atoms in total. The van der Waals surface area contributed by atoms with E-state index in [1.807, 2.05) is 0 Å². The summed E-state index contributed by atoms with van der Waals surface area (Å²) in [5.74, 6) is 1.24. The second kappa shape index (κ2) is 4.97. The molecule has 2 atom stereocenters. The predicted molar refractivity (Wildman–Crippen MR) is 53.8 cm³/mol. The van der Waals surface area contributed by atoms with Crippen LogP contribution < -0.4 is 0 Å². The molecule has 0 aromatic heterocycles. The van der Waals surface area contributed by atoms with Gasteiger partial charge in [0, 0.05) is 12.5 Å². The summed E-state index contributed by atoms with van der Waals surface area (Å²) in [6, 6.07) is 0. The van der Waals surface area contributed by atoms with Gasteiger partial charge in [-0.15, -0.1) is 0 Å². The van der Waals surface area contributed by atoms with Crippen molar-refractivity contribution in [2.24, 2.45) is 11.8 Å². The van der Waals surface area contributed by atoms with Crippen LogP contribution in [0.5, 0.6) is 0 Å². The van der Waals surface area contributed by atoms with E-state index >= 15 is 0 Å². The van der Waals surface area contributed by atoms with Crippen molar-refractivity contribution in [1.82, 2.24) is 0 Å². The van der Waals surface area contributed by atoms with Crippen LogP contribution in [0.15, 0.2) is 0 Å². The molecule has 1 heterocycles. The second-order valence-electron chi connectivity index (χ2n) is 4.49. The van der Waals surface area contributed by atoms with Gasteiger partial charge in [-0.05, 0) is 26.2 Å². The molecule has 0 aromatic carbocycles. The van der Waals surface area contributed by atoms with Gasteiger partial charge in [0.15, 0.2) is 0 Å². The molecule has 0 saturated carbocycles. The van der Waals surface area contributed by atoms with Gasteiger partial charge in [-0.2, -0.15) is 0 Å². The number of hydrogen-bond donors (Lipinski definition) is 0. The summed E-state index contributed by atoms with van der Waals surface area (Å²) in [5, 5.41) is 0. The Kier molecular flexibility index (Phi) is 4.20. The Hall–Kier alpha value is -0.0800. The Morgan fingerprint density at radius 2 is 1.92 bits per heavy atom. The molecule has 1 saturated heterocycles. The Morgan fingerprint density at radius 1 is 1.23 bits per heavy atom. The largest absolute Gasteiger partial charge is 0.381 e. The van der Waals surface area contributed by atoms with Crippen molar-refractivity contribution >= 4 is 0 Å². The normalized spacial score (nSPS) is 30.0. The summed E-state index contributed by atoms with van der Waals surface area (Å²) in [4.78, 5) is 0. The molecule has 1 aliphatic heterocycles. The van der Waals surface area contributed by atoms with Crippen molar-refractivity contribution in [2.75, 3.05) is 13.2 Å². The van der Waals surface area contributed by atoms with Crippen LogP contribution in [0.3, 0.4) is 0 Å². The average molecular weight is 186 g/mol. The third-order valence-corrected chi connectivity index (χ3v) is 2.64. The lowest BCUT2D eigenvalue weighted by molar-refractivity contribution is -0.106. The van der Waals surface area contributed by atoms with Crippen LogP contribution in [0.2, 0.25) is 0 Å². The molecule has 1 aliphatic rings. The maximum absolute atomic E-state index is 5.89. The van der Waals surface area contributed by atoms with Crippen LogP contribution >= 0.6 is 0 Å². The molecule has 0 bridgehead atoms. The number of ether oxygens (including phenoxy) is 2. The maximum Gasteiger partial charge on any atom is 0.0653 e. The zero-order valence-corrected chi connectivity index (χ0v) is 9.25. The minimum atomic E-state index is 0.337. The topological polar surface area (TPSA) is 18.5 Å². The summed E-state index contributed by atoms with van der Waals surface area (Å²) < 4.78 is 11.4. The van der Waals surface area contributed by atoms with Gasteiger partial charge in [-0.3, -0.25) is 0 Å². The molecule has 13 heavy (non-hydrogen) atoms. The van der Waals surface area contributed by atoms with E-state index in [-0.39, 0.29) is 0 Å². The third-order valence-electron chi connectivity index (χ3n) is 2.64. The quantitative estimate of drug-likeness (QED) is 0.674. The van der Waals surface area contributed by atoms with Crippen LogP contribution in [-0.2, 0) is 9.47 Å². The van der Waals surface area contributed by atoms with Crippen LogP contribution in [-0.4, -0.2) is 25.4 Å². The van der Waals surface area contributed by atoms with Crippen molar-refractivity contribution in [2.45, 2.75) is 46.3 Å². The van der Waals surface area contributed by atoms with Gasteiger partial charge in [0.1, 0.15) is 0 Å².